The van der Waals surface area contributed by atoms with E-state index in [0.717, 1.165) is 0 Å². The predicted octanol–water partition coefficient (Wildman–Crippen LogP) is 1.60. The summed E-state index contributed by atoms with van der Waals surface area (Å²) in [5.41, 5.74) is 6.64. The Morgan fingerprint density at radius 3 is 2.65 bits per heavy atom. The first-order valence-electron chi connectivity index (χ1n) is 4.92. The number of ether oxygens (including phenoxy) is 1. The molecule has 0 aliphatic carbocycles. The third-order valence-electron chi connectivity index (χ3n) is 2.53. The maximum Gasteiger partial charge on any atom is 0.312 e. The molecule has 0 bridgehead atoms. The number of methoxy groups -OCH3 is 1. The zero-order valence-corrected chi connectivity index (χ0v) is 11.1. The first-order valence-corrected chi connectivity index (χ1v) is 5.72. The summed E-state index contributed by atoms with van der Waals surface area (Å²) in [7, 11) is 1.40. The Hall–Kier alpha value is -1.27. The van der Waals surface area contributed by atoms with E-state index in [2.05, 4.69) is 15.9 Å². The summed E-state index contributed by atoms with van der Waals surface area (Å²) >= 11 is 3.25. The van der Waals surface area contributed by atoms with E-state index < -0.39 is 11.9 Å². The second-order valence-electron chi connectivity index (χ2n) is 3.60. The van der Waals surface area contributed by atoms with Crippen molar-refractivity contribution in [1.29, 1.82) is 0 Å². The fourth-order valence-corrected chi connectivity index (χ4v) is 2.67. The summed E-state index contributed by atoms with van der Waals surface area (Å²) in [5.74, 6) is -1.67. The number of hydrogen-bond acceptors (Lipinski definition) is 4. The lowest BCUT2D eigenvalue weighted by molar-refractivity contribution is -0.138. The second kappa shape index (κ2) is 5.37. The Kier molecular flexibility index (Phi) is 4.36. The van der Waals surface area contributed by atoms with Gasteiger partial charge in [0, 0.05) is 6.54 Å². The van der Waals surface area contributed by atoms with Gasteiger partial charge in [0.2, 0.25) is 0 Å². The fourth-order valence-electron chi connectivity index (χ4n) is 1.72. The van der Waals surface area contributed by atoms with E-state index in [1.807, 2.05) is 0 Å². The molecule has 5 nitrogen and oxygen atoms in total. The van der Waals surface area contributed by atoms with Crippen LogP contribution < -0.4 is 10.5 Å². The van der Waals surface area contributed by atoms with Crippen LogP contribution in [0, 0.1) is 6.92 Å². The molecule has 17 heavy (non-hydrogen) atoms. The minimum absolute atomic E-state index is 0.0251. The third kappa shape index (κ3) is 2.53. The second-order valence-corrected chi connectivity index (χ2v) is 4.39. The molecule has 1 aromatic rings. The molecule has 0 saturated heterocycles. The van der Waals surface area contributed by atoms with Crippen LogP contribution in [-0.4, -0.2) is 29.8 Å². The normalized spacial score (nSPS) is 12.2. The molecular formula is C11H14BrNO4. The van der Waals surface area contributed by atoms with Gasteiger partial charge >= 0.3 is 5.97 Å². The average molecular weight is 304 g/mol. The lowest BCUT2D eigenvalue weighted by atomic mass is 9.94. The topological polar surface area (TPSA) is 92.8 Å². The van der Waals surface area contributed by atoms with Gasteiger partial charge in [-0.1, -0.05) is 0 Å². The van der Waals surface area contributed by atoms with Crippen LogP contribution >= 0.6 is 15.9 Å². The molecule has 0 fully saturated rings. The molecule has 94 valence electrons. The van der Waals surface area contributed by atoms with E-state index in [0.29, 0.717) is 15.6 Å². The SMILES string of the molecule is COc1c(O)cc(C)c(C(CN)C(=O)O)c1Br. The predicted molar refractivity (Wildman–Crippen MR) is 66.5 cm³/mol. The number of carboxylic acids is 1. The Morgan fingerprint density at radius 2 is 2.24 bits per heavy atom. The molecule has 6 heteroatoms. The number of aliphatic carboxylic acids is 1. The van der Waals surface area contributed by atoms with E-state index in [9.17, 15) is 9.90 Å². The van der Waals surface area contributed by atoms with E-state index in [1.54, 1.807) is 6.92 Å². The lowest BCUT2D eigenvalue weighted by Gasteiger charge is -2.18. The summed E-state index contributed by atoms with van der Waals surface area (Å²) in [6.45, 7) is 1.69. The molecule has 4 N–H and O–H groups in total. The van der Waals surface area contributed by atoms with Crippen molar-refractivity contribution in [3.63, 3.8) is 0 Å². The molecule has 0 aliphatic heterocycles. The molecule has 1 aromatic carbocycles. The molecule has 0 spiro atoms. The molecule has 0 aromatic heterocycles. The van der Waals surface area contributed by atoms with Crippen molar-refractivity contribution in [1.82, 2.24) is 0 Å². The van der Waals surface area contributed by atoms with Gasteiger partial charge in [-0.2, -0.15) is 0 Å². The van der Waals surface area contributed by atoms with Gasteiger partial charge in [0.25, 0.3) is 0 Å². The van der Waals surface area contributed by atoms with Crippen molar-refractivity contribution in [3.8, 4) is 11.5 Å². The smallest absolute Gasteiger partial charge is 0.312 e. The maximum absolute atomic E-state index is 11.1. The zero-order valence-electron chi connectivity index (χ0n) is 9.53. The van der Waals surface area contributed by atoms with Crippen LogP contribution in [0.4, 0.5) is 0 Å². The van der Waals surface area contributed by atoms with Gasteiger partial charge in [0.05, 0.1) is 17.5 Å². The number of phenolic OH excluding ortho intramolecular Hbond substituents is 1. The fraction of sp³-hybridized carbons (Fsp3) is 0.364. The molecular weight excluding hydrogens is 290 g/mol. The molecule has 1 rings (SSSR count). The molecule has 0 saturated carbocycles. The number of phenols is 1. The minimum atomic E-state index is -1.01. The van der Waals surface area contributed by atoms with Crippen molar-refractivity contribution >= 4 is 21.9 Å². The van der Waals surface area contributed by atoms with Crippen LogP contribution in [0.25, 0.3) is 0 Å². The van der Waals surface area contributed by atoms with Crippen LogP contribution in [0.1, 0.15) is 17.0 Å². The lowest BCUT2D eigenvalue weighted by Crippen LogP contribution is -2.22. The Labute approximate surface area is 107 Å². The highest BCUT2D eigenvalue weighted by molar-refractivity contribution is 9.10. The number of nitrogens with two attached hydrogens (primary N) is 1. The quantitative estimate of drug-likeness (QED) is 0.785. The van der Waals surface area contributed by atoms with E-state index in [1.165, 1.54) is 13.2 Å². The number of hydrogen-bond donors (Lipinski definition) is 3. The number of halogens is 1. The molecule has 1 unspecified atom stereocenters. The summed E-state index contributed by atoms with van der Waals surface area (Å²) in [4.78, 5) is 11.1. The van der Waals surface area contributed by atoms with Crippen LogP contribution in [-0.2, 0) is 4.79 Å². The van der Waals surface area contributed by atoms with Gasteiger partial charge in [-0.3, -0.25) is 4.79 Å². The first kappa shape index (κ1) is 13.8. The summed E-state index contributed by atoms with van der Waals surface area (Å²) < 4.78 is 5.44. The van der Waals surface area contributed by atoms with Gasteiger partial charge < -0.3 is 20.7 Å². The standard InChI is InChI=1S/C11H14BrNO4/c1-5-3-7(14)10(17-2)9(12)8(5)6(4-13)11(15)16/h3,6,14H,4,13H2,1-2H3,(H,15,16). The van der Waals surface area contributed by atoms with Gasteiger partial charge in [-0.05, 0) is 40.0 Å². The molecule has 0 heterocycles. The summed E-state index contributed by atoms with van der Waals surface area (Å²) in [6, 6.07) is 1.46. The summed E-state index contributed by atoms with van der Waals surface area (Å²) in [6.07, 6.45) is 0. The van der Waals surface area contributed by atoms with Crippen molar-refractivity contribution in [2.75, 3.05) is 13.7 Å². The highest BCUT2D eigenvalue weighted by atomic mass is 79.9. The number of aryl methyl sites for hydroxylation is 1. The first-order chi connectivity index (χ1) is 7.93. The van der Waals surface area contributed by atoms with Crippen molar-refractivity contribution in [2.45, 2.75) is 12.8 Å². The molecule has 1 atom stereocenters. The van der Waals surface area contributed by atoms with Crippen LogP contribution in [0.15, 0.2) is 10.5 Å². The molecule has 0 aliphatic rings. The van der Waals surface area contributed by atoms with Gasteiger partial charge in [0.15, 0.2) is 11.5 Å². The van der Waals surface area contributed by atoms with Gasteiger partial charge in [-0.25, -0.2) is 0 Å². The van der Waals surface area contributed by atoms with Crippen molar-refractivity contribution in [2.24, 2.45) is 5.73 Å². The Balaban J connectivity index is 3.47. The number of carboxylic acid groups (broad SMARTS) is 1. The zero-order chi connectivity index (χ0) is 13.2. The van der Waals surface area contributed by atoms with Crippen molar-refractivity contribution in [3.05, 3.63) is 21.7 Å². The monoisotopic (exact) mass is 303 g/mol. The minimum Gasteiger partial charge on any atom is -0.504 e. The van der Waals surface area contributed by atoms with Crippen LogP contribution in [0.5, 0.6) is 11.5 Å². The Morgan fingerprint density at radius 1 is 1.65 bits per heavy atom. The highest BCUT2D eigenvalue weighted by Crippen LogP contribution is 2.41. The van der Waals surface area contributed by atoms with Crippen LogP contribution in [0.3, 0.4) is 0 Å². The van der Waals surface area contributed by atoms with Gasteiger partial charge in [-0.15, -0.1) is 0 Å². The number of carbonyl (C=O) groups is 1. The summed E-state index contributed by atoms with van der Waals surface area (Å²) in [5, 5.41) is 18.8. The van der Waals surface area contributed by atoms with Crippen LogP contribution in [0.2, 0.25) is 0 Å². The number of aromatic hydroxyl groups is 1. The van der Waals surface area contributed by atoms with Gasteiger partial charge in [0.1, 0.15) is 0 Å². The molecule has 0 radical (unpaired) electrons. The molecule has 0 amide bonds. The maximum atomic E-state index is 11.1. The van der Waals surface area contributed by atoms with E-state index >= 15 is 0 Å². The highest BCUT2D eigenvalue weighted by Gasteiger charge is 2.26. The van der Waals surface area contributed by atoms with E-state index in [-0.39, 0.29) is 18.0 Å². The third-order valence-corrected chi connectivity index (χ3v) is 3.32. The largest absolute Gasteiger partial charge is 0.504 e. The van der Waals surface area contributed by atoms with Crippen molar-refractivity contribution < 1.29 is 19.7 Å². The number of rotatable bonds is 4. The number of benzene rings is 1. The Bertz CT molecular complexity index is 448. The van der Waals surface area contributed by atoms with E-state index in [4.69, 9.17) is 15.6 Å². The average Bonchev–Trinajstić information content (AvgIpc) is 2.23.